The Hall–Kier alpha value is 0.230. The minimum atomic E-state index is -0.384. The van der Waals surface area contributed by atoms with Crippen molar-refractivity contribution in [3.63, 3.8) is 0 Å². The SMILES string of the molecule is CCC(CSC)NCC(O)COC1CCCCC1C. The van der Waals surface area contributed by atoms with E-state index in [0.29, 0.717) is 31.2 Å². The first kappa shape index (κ1) is 17.3. The molecular weight excluding hydrogens is 258 g/mol. The van der Waals surface area contributed by atoms with E-state index in [2.05, 4.69) is 25.4 Å². The molecule has 4 atom stereocenters. The lowest BCUT2D eigenvalue weighted by Gasteiger charge is -2.29. The lowest BCUT2D eigenvalue weighted by Crippen LogP contribution is -2.39. The van der Waals surface area contributed by atoms with Crippen molar-refractivity contribution in [1.29, 1.82) is 0 Å². The van der Waals surface area contributed by atoms with Gasteiger partial charge in [0.05, 0.1) is 18.8 Å². The van der Waals surface area contributed by atoms with E-state index in [-0.39, 0.29) is 6.10 Å². The summed E-state index contributed by atoms with van der Waals surface area (Å²) in [5.41, 5.74) is 0. The number of hydrogen-bond donors (Lipinski definition) is 2. The minimum absolute atomic E-state index is 0.358. The van der Waals surface area contributed by atoms with Crippen molar-refractivity contribution in [3.8, 4) is 0 Å². The third-order valence-corrected chi connectivity index (χ3v) is 4.77. The molecule has 1 aliphatic carbocycles. The highest BCUT2D eigenvalue weighted by atomic mass is 32.2. The van der Waals surface area contributed by atoms with Gasteiger partial charge in [-0.25, -0.2) is 0 Å². The first-order valence-electron chi connectivity index (χ1n) is 7.69. The molecule has 0 saturated heterocycles. The summed E-state index contributed by atoms with van der Waals surface area (Å²) in [5, 5.41) is 13.4. The first-order chi connectivity index (χ1) is 9.17. The number of nitrogens with one attached hydrogen (secondary N) is 1. The summed E-state index contributed by atoms with van der Waals surface area (Å²) in [7, 11) is 0. The van der Waals surface area contributed by atoms with E-state index in [0.717, 1.165) is 18.6 Å². The molecule has 0 spiro atoms. The van der Waals surface area contributed by atoms with E-state index in [1.54, 1.807) is 0 Å². The molecule has 19 heavy (non-hydrogen) atoms. The Balaban J connectivity index is 2.14. The maximum Gasteiger partial charge on any atom is 0.0897 e. The summed E-state index contributed by atoms with van der Waals surface area (Å²) >= 11 is 1.85. The molecule has 0 radical (unpaired) electrons. The number of rotatable bonds is 9. The molecule has 114 valence electrons. The summed E-state index contributed by atoms with van der Waals surface area (Å²) in [4.78, 5) is 0. The fourth-order valence-corrected chi connectivity index (χ4v) is 3.40. The summed E-state index contributed by atoms with van der Waals surface area (Å²) < 4.78 is 5.89. The van der Waals surface area contributed by atoms with Gasteiger partial charge in [0, 0.05) is 18.3 Å². The van der Waals surface area contributed by atoms with E-state index < -0.39 is 0 Å². The Morgan fingerprint density at radius 2 is 2.11 bits per heavy atom. The highest BCUT2D eigenvalue weighted by Crippen LogP contribution is 2.26. The van der Waals surface area contributed by atoms with E-state index >= 15 is 0 Å². The van der Waals surface area contributed by atoms with E-state index in [9.17, 15) is 5.11 Å². The molecule has 0 aromatic heterocycles. The van der Waals surface area contributed by atoms with E-state index in [4.69, 9.17) is 4.74 Å². The Morgan fingerprint density at radius 1 is 1.37 bits per heavy atom. The largest absolute Gasteiger partial charge is 0.389 e. The number of aliphatic hydroxyl groups is 1. The predicted octanol–water partition coefficient (Wildman–Crippen LogP) is 2.67. The van der Waals surface area contributed by atoms with Gasteiger partial charge in [0.15, 0.2) is 0 Å². The van der Waals surface area contributed by atoms with Gasteiger partial charge in [0.25, 0.3) is 0 Å². The summed E-state index contributed by atoms with van der Waals surface area (Å²) in [6.45, 7) is 5.55. The molecular formula is C15H31NO2S. The summed E-state index contributed by atoms with van der Waals surface area (Å²) in [5.74, 6) is 1.75. The van der Waals surface area contributed by atoms with Crippen LogP contribution in [0.2, 0.25) is 0 Å². The molecule has 0 bridgehead atoms. The van der Waals surface area contributed by atoms with Gasteiger partial charge in [-0.3, -0.25) is 0 Å². The molecule has 1 saturated carbocycles. The quantitative estimate of drug-likeness (QED) is 0.685. The summed E-state index contributed by atoms with van der Waals surface area (Å²) in [6.07, 6.45) is 8.23. The zero-order valence-corrected chi connectivity index (χ0v) is 13.5. The van der Waals surface area contributed by atoms with Crippen molar-refractivity contribution in [3.05, 3.63) is 0 Å². The van der Waals surface area contributed by atoms with Crippen LogP contribution in [0.5, 0.6) is 0 Å². The van der Waals surface area contributed by atoms with Gasteiger partial charge in [0.1, 0.15) is 0 Å². The van der Waals surface area contributed by atoms with E-state index in [1.807, 2.05) is 11.8 Å². The first-order valence-corrected chi connectivity index (χ1v) is 9.08. The Morgan fingerprint density at radius 3 is 2.74 bits per heavy atom. The fraction of sp³-hybridized carbons (Fsp3) is 1.00. The van der Waals surface area contributed by atoms with Crippen LogP contribution < -0.4 is 5.32 Å². The van der Waals surface area contributed by atoms with Crippen LogP contribution in [0.4, 0.5) is 0 Å². The summed E-state index contributed by atoms with van der Waals surface area (Å²) in [6, 6.07) is 0.498. The van der Waals surface area contributed by atoms with Crippen molar-refractivity contribution < 1.29 is 9.84 Å². The molecule has 0 heterocycles. The van der Waals surface area contributed by atoms with Gasteiger partial charge in [-0.1, -0.05) is 26.7 Å². The smallest absolute Gasteiger partial charge is 0.0897 e. The number of thioether (sulfide) groups is 1. The van der Waals surface area contributed by atoms with Crippen LogP contribution in [0, 0.1) is 5.92 Å². The third kappa shape index (κ3) is 6.98. The standard InChI is InChI=1S/C15H31NO2S/c1-4-13(11-19-3)16-9-14(17)10-18-15-8-6-5-7-12(15)2/h12-17H,4-11H2,1-3H3. The Bertz CT molecular complexity index is 228. The average molecular weight is 289 g/mol. The lowest BCUT2D eigenvalue weighted by molar-refractivity contribution is -0.0455. The third-order valence-electron chi connectivity index (χ3n) is 4.04. The van der Waals surface area contributed by atoms with Gasteiger partial charge in [0.2, 0.25) is 0 Å². The molecule has 0 aromatic carbocycles. The van der Waals surface area contributed by atoms with Gasteiger partial charge in [-0.05, 0) is 31.4 Å². The van der Waals surface area contributed by atoms with Crippen LogP contribution in [0.1, 0.15) is 46.0 Å². The molecule has 1 rings (SSSR count). The van der Waals surface area contributed by atoms with Crippen molar-refractivity contribution in [2.24, 2.45) is 5.92 Å². The normalized spacial score (nSPS) is 27.2. The number of ether oxygens (including phenoxy) is 1. The molecule has 4 unspecified atom stereocenters. The van der Waals surface area contributed by atoms with Gasteiger partial charge in [-0.15, -0.1) is 0 Å². The van der Waals surface area contributed by atoms with Crippen molar-refractivity contribution in [2.45, 2.75) is 64.2 Å². The van der Waals surface area contributed by atoms with Gasteiger partial charge in [-0.2, -0.15) is 11.8 Å². The van der Waals surface area contributed by atoms with Crippen molar-refractivity contribution in [2.75, 3.05) is 25.2 Å². The molecule has 2 N–H and O–H groups in total. The Kier molecular flexibility index (Phi) is 9.12. The molecule has 0 aromatic rings. The van der Waals surface area contributed by atoms with Gasteiger partial charge < -0.3 is 15.2 Å². The molecule has 3 nitrogen and oxygen atoms in total. The second kappa shape index (κ2) is 10.0. The Labute approximate surface area is 122 Å². The molecule has 1 aliphatic rings. The van der Waals surface area contributed by atoms with Crippen LogP contribution in [0.15, 0.2) is 0 Å². The number of aliphatic hydroxyl groups excluding tert-OH is 1. The predicted molar refractivity (Wildman–Crippen MR) is 83.8 cm³/mol. The fourth-order valence-electron chi connectivity index (χ4n) is 2.65. The van der Waals surface area contributed by atoms with Crippen LogP contribution in [0.25, 0.3) is 0 Å². The zero-order chi connectivity index (χ0) is 14.1. The number of hydrogen-bond acceptors (Lipinski definition) is 4. The molecule has 0 aliphatic heterocycles. The van der Waals surface area contributed by atoms with Crippen LogP contribution in [0.3, 0.4) is 0 Å². The highest BCUT2D eigenvalue weighted by Gasteiger charge is 2.22. The second-order valence-corrected chi connectivity index (χ2v) is 6.67. The maximum atomic E-state index is 9.98. The molecule has 0 amide bonds. The topological polar surface area (TPSA) is 41.5 Å². The minimum Gasteiger partial charge on any atom is -0.389 e. The van der Waals surface area contributed by atoms with Crippen molar-refractivity contribution >= 4 is 11.8 Å². The van der Waals surface area contributed by atoms with Crippen LogP contribution in [-0.4, -0.2) is 48.5 Å². The maximum absolute atomic E-state index is 9.98. The lowest BCUT2D eigenvalue weighted by atomic mass is 9.88. The van der Waals surface area contributed by atoms with Crippen LogP contribution in [-0.2, 0) is 4.74 Å². The second-order valence-electron chi connectivity index (χ2n) is 5.76. The average Bonchev–Trinajstić information content (AvgIpc) is 2.42. The van der Waals surface area contributed by atoms with Crippen molar-refractivity contribution in [1.82, 2.24) is 5.32 Å². The zero-order valence-electron chi connectivity index (χ0n) is 12.7. The monoisotopic (exact) mass is 289 g/mol. The van der Waals surface area contributed by atoms with Gasteiger partial charge >= 0.3 is 0 Å². The molecule has 4 heteroatoms. The highest BCUT2D eigenvalue weighted by molar-refractivity contribution is 7.98. The van der Waals surface area contributed by atoms with E-state index in [1.165, 1.54) is 19.3 Å². The van der Waals surface area contributed by atoms with Crippen LogP contribution >= 0.6 is 11.8 Å². The molecule has 1 fully saturated rings.